The first-order chi connectivity index (χ1) is 10.6. The van der Waals surface area contributed by atoms with Crippen molar-refractivity contribution in [1.82, 2.24) is 4.90 Å². The van der Waals surface area contributed by atoms with E-state index in [9.17, 15) is 23.1 Å². The zero-order valence-corrected chi connectivity index (χ0v) is 13.3. The van der Waals surface area contributed by atoms with E-state index in [0.717, 1.165) is 0 Å². The van der Waals surface area contributed by atoms with E-state index in [0.29, 0.717) is 24.2 Å². The van der Waals surface area contributed by atoms with E-state index in [1.807, 2.05) is 0 Å². The van der Waals surface area contributed by atoms with Gasteiger partial charge in [0.15, 0.2) is 6.61 Å². The minimum Gasteiger partial charge on any atom is -0.484 e. The second-order valence-corrected chi connectivity index (χ2v) is 5.32. The van der Waals surface area contributed by atoms with E-state index in [-0.39, 0.29) is 5.75 Å². The van der Waals surface area contributed by atoms with Crippen LogP contribution in [0.2, 0.25) is 0 Å². The number of anilines is 1. The summed E-state index contributed by atoms with van der Waals surface area (Å²) in [6, 6.07) is 4.08. The van der Waals surface area contributed by atoms with Gasteiger partial charge in [0.05, 0.1) is 6.10 Å². The van der Waals surface area contributed by atoms with Gasteiger partial charge in [0.1, 0.15) is 5.75 Å². The van der Waals surface area contributed by atoms with Gasteiger partial charge in [-0.25, -0.2) is 4.79 Å². The summed E-state index contributed by atoms with van der Waals surface area (Å²) in [7, 11) is 1.57. The number of urea groups is 1. The molecule has 1 unspecified atom stereocenters. The number of ether oxygens (including phenoxy) is 1. The van der Waals surface area contributed by atoms with Crippen molar-refractivity contribution < 1.29 is 27.8 Å². The van der Waals surface area contributed by atoms with Crippen molar-refractivity contribution in [3.8, 4) is 5.75 Å². The Labute approximate surface area is 133 Å². The molecular weight excluding hydrogens is 313 g/mol. The molecule has 130 valence electrons. The monoisotopic (exact) mass is 334 g/mol. The lowest BCUT2D eigenvalue weighted by Crippen LogP contribution is -2.33. The molecule has 0 aromatic heterocycles. The van der Waals surface area contributed by atoms with Crippen LogP contribution in [0.4, 0.5) is 23.7 Å². The smallest absolute Gasteiger partial charge is 0.422 e. The topological polar surface area (TPSA) is 61.8 Å². The van der Waals surface area contributed by atoms with Crippen LogP contribution in [-0.2, 0) is 0 Å². The largest absolute Gasteiger partial charge is 0.484 e. The van der Waals surface area contributed by atoms with Gasteiger partial charge in [-0.1, -0.05) is 6.07 Å². The molecule has 0 heterocycles. The Balaban J connectivity index is 2.71. The maximum atomic E-state index is 12.2. The second kappa shape index (κ2) is 8.05. The number of benzene rings is 1. The third-order valence-electron chi connectivity index (χ3n) is 3.15. The lowest BCUT2D eigenvalue weighted by atomic mass is 10.2. The van der Waals surface area contributed by atoms with Gasteiger partial charge in [0.2, 0.25) is 0 Å². The average Bonchev–Trinajstić information content (AvgIpc) is 2.44. The number of aliphatic hydroxyl groups is 1. The van der Waals surface area contributed by atoms with E-state index in [2.05, 4.69) is 5.32 Å². The molecule has 1 aromatic rings. The lowest BCUT2D eigenvalue weighted by molar-refractivity contribution is -0.153. The fourth-order valence-electron chi connectivity index (χ4n) is 1.76. The van der Waals surface area contributed by atoms with Gasteiger partial charge in [0.25, 0.3) is 0 Å². The van der Waals surface area contributed by atoms with E-state index in [1.54, 1.807) is 27.0 Å². The fraction of sp³-hybridized carbons (Fsp3) is 0.533. The molecule has 0 radical (unpaired) electrons. The van der Waals surface area contributed by atoms with Gasteiger partial charge in [-0.2, -0.15) is 13.2 Å². The molecule has 1 atom stereocenters. The SMILES string of the molecule is Cc1c(NC(=O)N(C)CCC(C)O)cccc1OCC(F)(F)F. The Kier molecular flexibility index (Phi) is 6.68. The molecule has 0 saturated carbocycles. The predicted molar refractivity (Wildman–Crippen MR) is 80.7 cm³/mol. The zero-order valence-electron chi connectivity index (χ0n) is 13.3. The number of alkyl halides is 3. The maximum Gasteiger partial charge on any atom is 0.422 e. The van der Waals surface area contributed by atoms with Crippen LogP contribution in [0, 0.1) is 6.92 Å². The number of carbonyl (C=O) groups excluding carboxylic acids is 1. The van der Waals surface area contributed by atoms with Crippen LogP contribution in [0.3, 0.4) is 0 Å². The molecule has 0 bridgehead atoms. The summed E-state index contributed by atoms with van der Waals surface area (Å²) >= 11 is 0. The normalized spacial score (nSPS) is 12.7. The van der Waals surface area contributed by atoms with Crippen molar-refractivity contribution in [2.45, 2.75) is 32.5 Å². The molecule has 0 aliphatic rings. The summed E-state index contributed by atoms with van der Waals surface area (Å²) in [6.07, 6.45) is -4.52. The Bertz CT molecular complexity index is 533. The van der Waals surface area contributed by atoms with Crippen LogP contribution in [0.15, 0.2) is 18.2 Å². The molecule has 0 fully saturated rings. The standard InChI is InChI=1S/C15H21F3N2O3/c1-10(21)7-8-20(3)14(22)19-12-5-4-6-13(11(12)2)23-9-15(16,17)18/h4-6,10,21H,7-9H2,1-3H3,(H,19,22). The predicted octanol–water partition coefficient (Wildman–Crippen LogP) is 3.17. The molecule has 2 amide bonds. The van der Waals surface area contributed by atoms with Gasteiger partial charge in [-0.15, -0.1) is 0 Å². The number of rotatable bonds is 6. The van der Waals surface area contributed by atoms with E-state index >= 15 is 0 Å². The van der Waals surface area contributed by atoms with Crippen molar-refractivity contribution in [2.75, 3.05) is 25.5 Å². The molecule has 2 N–H and O–H groups in total. The van der Waals surface area contributed by atoms with Gasteiger partial charge < -0.3 is 20.1 Å². The molecule has 0 spiro atoms. The first-order valence-electron chi connectivity index (χ1n) is 7.09. The average molecular weight is 334 g/mol. The van der Waals surface area contributed by atoms with E-state index in [4.69, 9.17) is 4.74 Å². The summed E-state index contributed by atoms with van der Waals surface area (Å²) in [4.78, 5) is 13.4. The molecule has 8 heteroatoms. The fourth-order valence-corrected chi connectivity index (χ4v) is 1.76. The first-order valence-corrected chi connectivity index (χ1v) is 7.09. The highest BCUT2D eigenvalue weighted by molar-refractivity contribution is 5.90. The molecule has 1 aromatic carbocycles. The quantitative estimate of drug-likeness (QED) is 0.840. The first kappa shape index (κ1) is 19.1. The van der Waals surface area contributed by atoms with Gasteiger partial charge >= 0.3 is 12.2 Å². The highest BCUT2D eigenvalue weighted by Gasteiger charge is 2.28. The van der Waals surface area contributed by atoms with Crippen LogP contribution in [0.5, 0.6) is 5.75 Å². The summed E-state index contributed by atoms with van der Waals surface area (Å²) in [6.45, 7) is 2.15. The Morgan fingerprint density at radius 3 is 2.65 bits per heavy atom. The summed E-state index contributed by atoms with van der Waals surface area (Å²) in [5, 5.41) is 11.8. The van der Waals surface area contributed by atoms with Crippen LogP contribution in [-0.4, -0.2) is 48.5 Å². The number of carbonyl (C=O) groups is 1. The van der Waals surface area contributed by atoms with E-state index in [1.165, 1.54) is 17.0 Å². The van der Waals surface area contributed by atoms with Gasteiger partial charge in [0, 0.05) is 24.8 Å². The zero-order chi connectivity index (χ0) is 17.6. The van der Waals surface area contributed by atoms with Crippen molar-refractivity contribution >= 4 is 11.7 Å². The number of amides is 2. The Hall–Kier alpha value is -1.96. The number of hydrogen-bond acceptors (Lipinski definition) is 3. The molecule has 0 aliphatic carbocycles. The highest BCUT2D eigenvalue weighted by Crippen LogP contribution is 2.27. The minimum atomic E-state index is -4.42. The summed E-state index contributed by atoms with van der Waals surface area (Å²) in [5.41, 5.74) is 0.785. The third-order valence-corrected chi connectivity index (χ3v) is 3.15. The van der Waals surface area contributed by atoms with Crippen LogP contribution >= 0.6 is 0 Å². The third kappa shape index (κ3) is 6.77. The second-order valence-electron chi connectivity index (χ2n) is 5.32. The van der Waals surface area contributed by atoms with Crippen LogP contribution in [0.25, 0.3) is 0 Å². The minimum absolute atomic E-state index is 0.0618. The van der Waals surface area contributed by atoms with Crippen molar-refractivity contribution in [3.63, 3.8) is 0 Å². The van der Waals surface area contributed by atoms with Crippen molar-refractivity contribution in [2.24, 2.45) is 0 Å². The van der Waals surface area contributed by atoms with Crippen molar-refractivity contribution in [1.29, 1.82) is 0 Å². The van der Waals surface area contributed by atoms with Crippen molar-refractivity contribution in [3.05, 3.63) is 23.8 Å². The van der Waals surface area contributed by atoms with Gasteiger partial charge in [-0.3, -0.25) is 0 Å². The molecule has 1 rings (SSSR count). The Morgan fingerprint density at radius 2 is 2.09 bits per heavy atom. The molecule has 0 aliphatic heterocycles. The molecular formula is C15H21F3N2O3. The number of nitrogens with zero attached hydrogens (tertiary/aromatic N) is 1. The maximum absolute atomic E-state index is 12.2. The molecule has 0 saturated heterocycles. The van der Waals surface area contributed by atoms with Crippen LogP contribution in [0.1, 0.15) is 18.9 Å². The summed E-state index contributed by atoms with van der Waals surface area (Å²) in [5.74, 6) is 0.0618. The highest BCUT2D eigenvalue weighted by atomic mass is 19.4. The van der Waals surface area contributed by atoms with E-state index < -0.39 is 24.9 Å². The van der Waals surface area contributed by atoms with Crippen LogP contribution < -0.4 is 10.1 Å². The lowest BCUT2D eigenvalue weighted by Gasteiger charge is -2.20. The Morgan fingerprint density at radius 1 is 1.43 bits per heavy atom. The molecule has 5 nitrogen and oxygen atoms in total. The molecule has 23 heavy (non-hydrogen) atoms. The number of halogens is 3. The number of aliphatic hydroxyl groups excluding tert-OH is 1. The number of nitrogens with one attached hydrogen (secondary N) is 1. The van der Waals surface area contributed by atoms with Gasteiger partial charge in [-0.05, 0) is 32.4 Å². The number of hydrogen-bond donors (Lipinski definition) is 2. The summed E-state index contributed by atoms with van der Waals surface area (Å²) < 4.78 is 41.4.